The van der Waals surface area contributed by atoms with Crippen LogP contribution in [0.25, 0.3) is 0 Å². The zero-order valence-corrected chi connectivity index (χ0v) is 11.5. The first-order valence-corrected chi connectivity index (χ1v) is 6.38. The highest BCUT2D eigenvalue weighted by Gasteiger charge is 2.11. The van der Waals surface area contributed by atoms with Crippen LogP contribution in [0.2, 0.25) is 0 Å². The van der Waals surface area contributed by atoms with Gasteiger partial charge in [-0.15, -0.1) is 5.10 Å². The molecule has 0 aliphatic carbocycles. The van der Waals surface area contributed by atoms with Gasteiger partial charge in [-0.1, -0.05) is 5.21 Å². The molecular weight excluding hydrogens is 258 g/mol. The van der Waals surface area contributed by atoms with E-state index in [1.54, 1.807) is 36.3 Å². The Labute approximate surface area is 116 Å². The standard InChI is InChI=1S/C13H17N5O2/c1-10-4-5-11(13(20)17(10)2)12(19)14-6-3-8-18-9-7-15-16-18/h4-5,7,9H,3,6,8H2,1-2H3,(H,14,19). The molecule has 106 valence electrons. The molecule has 0 unspecified atom stereocenters. The lowest BCUT2D eigenvalue weighted by molar-refractivity contribution is 0.0950. The number of amides is 1. The van der Waals surface area contributed by atoms with Gasteiger partial charge in [0.1, 0.15) is 5.56 Å². The van der Waals surface area contributed by atoms with Crippen LogP contribution in [0.3, 0.4) is 0 Å². The van der Waals surface area contributed by atoms with Gasteiger partial charge >= 0.3 is 0 Å². The zero-order valence-electron chi connectivity index (χ0n) is 11.5. The predicted molar refractivity (Wildman–Crippen MR) is 73.4 cm³/mol. The predicted octanol–water partition coefficient (Wildman–Crippen LogP) is 0.105. The minimum Gasteiger partial charge on any atom is -0.352 e. The van der Waals surface area contributed by atoms with Crippen molar-refractivity contribution in [3.63, 3.8) is 0 Å². The third-order valence-electron chi connectivity index (χ3n) is 3.12. The first kappa shape index (κ1) is 14.0. The Bertz CT molecular complexity index is 645. The molecule has 0 saturated carbocycles. The summed E-state index contributed by atoms with van der Waals surface area (Å²) < 4.78 is 3.15. The molecule has 0 spiro atoms. The van der Waals surface area contributed by atoms with Crippen LogP contribution in [0.1, 0.15) is 22.5 Å². The molecule has 2 aromatic heterocycles. The smallest absolute Gasteiger partial charge is 0.263 e. The van der Waals surface area contributed by atoms with Gasteiger partial charge in [-0.2, -0.15) is 0 Å². The van der Waals surface area contributed by atoms with Crippen molar-refractivity contribution in [2.24, 2.45) is 7.05 Å². The lowest BCUT2D eigenvalue weighted by Gasteiger charge is -2.08. The van der Waals surface area contributed by atoms with E-state index in [0.29, 0.717) is 13.1 Å². The van der Waals surface area contributed by atoms with E-state index in [0.717, 1.165) is 12.1 Å². The number of nitrogens with one attached hydrogen (secondary N) is 1. The Balaban J connectivity index is 1.89. The second kappa shape index (κ2) is 6.14. The molecule has 7 nitrogen and oxygen atoms in total. The third-order valence-corrected chi connectivity index (χ3v) is 3.12. The van der Waals surface area contributed by atoms with E-state index in [4.69, 9.17) is 0 Å². The minimum absolute atomic E-state index is 0.166. The lowest BCUT2D eigenvalue weighted by Crippen LogP contribution is -2.33. The summed E-state index contributed by atoms with van der Waals surface area (Å²) >= 11 is 0. The Morgan fingerprint density at radius 3 is 2.90 bits per heavy atom. The molecule has 1 N–H and O–H groups in total. The summed E-state index contributed by atoms with van der Waals surface area (Å²) in [5, 5.41) is 10.3. The number of pyridine rings is 1. The van der Waals surface area contributed by atoms with Gasteiger partial charge in [0, 0.05) is 32.0 Å². The topological polar surface area (TPSA) is 81.8 Å². The normalized spacial score (nSPS) is 10.5. The van der Waals surface area contributed by atoms with Gasteiger partial charge in [0.15, 0.2) is 0 Å². The van der Waals surface area contributed by atoms with E-state index in [9.17, 15) is 9.59 Å². The first-order chi connectivity index (χ1) is 9.59. The fourth-order valence-electron chi connectivity index (χ4n) is 1.79. The summed E-state index contributed by atoms with van der Waals surface area (Å²) in [6, 6.07) is 3.32. The van der Waals surface area contributed by atoms with Crippen LogP contribution in [-0.4, -0.2) is 32.0 Å². The van der Waals surface area contributed by atoms with Crippen molar-refractivity contribution in [1.29, 1.82) is 0 Å². The first-order valence-electron chi connectivity index (χ1n) is 6.38. The summed E-state index contributed by atoms with van der Waals surface area (Å²) in [7, 11) is 1.65. The molecule has 2 heterocycles. The maximum Gasteiger partial charge on any atom is 0.263 e. The largest absolute Gasteiger partial charge is 0.352 e. The molecule has 0 bridgehead atoms. The Kier molecular flexibility index (Phi) is 4.29. The maximum absolute atomic E-state index is 11.9. The van der Waals surface area contributed by atoms with E-state index in [-0.39, 0.29) is 17.0 Å². The van der Waals surface area contributed by atoms with Crippen molar-refractivity contribution in [3.8, 4) is 0 Å². The van der Waals surface area contributed by atoms with E-state index >= 15 is 0 Å². The van der Waals surface area contributed by atoms with Crippen LogP contribution in [0, 0.1) is 6.92 Å². The van der Waals surface area contributed by atoms with Gasteiger partial charge in [0.25, 0.3) is 11.5 Å². The number of carbonyl (C=O) groups excluding carboxylic acids is 1. The summed E-state index contributed by atoms with van der Waals surface area (Å²) in [6.07, 6.45) is 4.09. The summed E-state index contributed by atoms with van der Waals surface area (Å²) in [6.45, 7) is 2.98. The van der Waals surface area contributed by atoms with Crippen molar-refractivity contribution < 1.29 is 4.79 Å². The number of aromatic nitrogens is 4. The molecule has 2 aromatic rings. The van der Waals surface area contributed by atoms with Crippen molar-refractivity contribution >= 4 is 5.91 Å². The van der Waals surface area contributed by atoms with Crippen LogP contribution in [0.15, 0.2) is 29.3 Å². The number of hydrogen-bond donors (Lipinski definition) is 1. The highest BCUT2D eigenvalue weighted by Crippen LogP contribution is 1.97. The Morgan fingerprint density at radius 1 is 1.40 bits per heavy atom. The molecule has 0 radical (unpaired) electrons. The van der Waals surface area contributed by atoms with Crippen molar-refractivity contribution in [2.75, 3.05) is 6.54 Å². The van der Waals surface area contributed by atoms with Crippen LogP contribution >= 0.6 is 0 Å². The zero-order chi connectivity index (χ0) is 14.5. The summed E-state index contributed by atoms with van der Waals surface area (Å²) in [5.74, 6) is -0.343. The number of carbonyl (C=O) groups is 1. The molecule has 0 aliphatic heterocycles. The number of hydrogen-bond acceptors (Lipinski definition) is 4. The van der Waals surface area contributed by atoms with Crippen LogP contribution < -0.4 is 10.9 Å². The van der Waals surface area contributed by atoms with Gasteiger partial charge < -0.3 is 9.88 Å². The molecule has 20 heavy (non-hydrogen) atoms. The molecule has 0 aliphatic rings. The fraction of sp³-hybridized carbons (Fsp3) is 0.385. The SMILES string of the molecule is Cc1ccc(C(=O)NCCCn2ccnn2)c(=O)n1C. The molecule has 0 fully saturated rings. The Hall–Kier alpha value is -2.44. The van der Waals surface area contributed by atoms with Gasteiger partial charge in [0.05, 0.1) is 6.20 Å². The second-order valence-electron chi connectivity index (χ2n) is 4.53. The van der Waals surface area contributed by atoms with E-state index in [1.165, 1.54) is 4.57 Å². The highest BCUT2D eigenvalue weighted by atomic mass is 16.2. The molecule has 0 saturated heterocycles. The van der Waals surface area contributed by atoms with Gasteiger partial charge in [-0.25, -0.2) is 0 Å². The monoisotopic (exact) mass is 275 g/mol. The Morgan fingerprint density at radius 2 is 2.20 bits per heavy atom. The summed E-state index contributed by atoms with van der Waals surface area (Å²) in [4.78, 5) is 23.9. The van der Waals surface area contributed by atoms with E-state index in [1.807, 2.05) is 6.92 Å². The second-order valence-corrected chi connectivity index (χ2v) is 4.53. The number of aryl methyl sites for hydroxylation is 2. The lowest BCUT2D eigenvalue weighted by atomic mass is 10.2. The minimum atomic E-state index is -0.343. The molecule has 0 aromatic carbocycles. The molecule has 2 rings (SSSR count). The van der Waals surface area contributed by atoms with Crippen LogP contribution in [-0.2, 0) is 13.6 Å². The van der Waals surface area contributed by atoms with Crippen molar-refractivity contribution in [2.45, 2.75) is 19.9 Å². The summed E-state index contributed by atoms with van der Waals surface area (Å²) in [5.41, 5.74) is 0.704. The molecule has 1 amide bonds. The van der Waals surface area contributed by atoms with Crippen LogP contribution in [0.4, 0.5) is 0 Å². The average Bonchev–Trinajstić information content (AvgIpc) is 2.94. The molecule has 7 heteroatoms. The third kappa shape index (κ3) is 3.11. The number of nitrogens with zero attached hydrogens (tertiary/aromatic N) is 4. The van der Waals surface area contributed by atoms with E-state index in [2.05, 4.69) is 15.6 Å². The van der Waals surface area contributed by atoms with Crippen molar-refractivity contribution in [3.05, 3.63) is 46.1 Å². The molecule has 0 atom stereocenters. The number of rotatable bonds is 5. The quantitative estimate of drug-likeness (QED) is 0.785. The highest BCUT2D eigenvalue weighted by molar-refractivity contribution is 5.93. The fourth-order valence-corrected chi connectivity index (χ4v) is 1.79. The van der Waals surface area contributed by atoms with Gasteiger partial charge in [0.2, 0.25) is 0 Å². The van der Waals surface area contributed by atoms with Gasteiger partial charge in [-0.3, -0.25) is 14.3 Å². The van der Waals surface area contributed by atoms with E-state index < -0.39 is 0 Å². The van der Waals surface area contributed by atoms with Gasteiger partial charge in [-0.05, 0) is 25.5 Å². The van der Waals surface area contributed by atoms with Crippen molar-refractivity contribution in [1.82, 2.24) is 24.9 Å². The maximum atomic E-state index is 11.9. The molecular formula is C13H17N5O2. The average molecular weight is 275 g/mol. The van der Waals surface area contributed by atoms with Crippen LogP contribution in [0.5, 0.6) is 0 Å².